The number of carbonyl (C=O) groups excluding carboxylic acids is 2. The number of nitrogens with zero attached hydrogens (tertiary/aromatic N) is 2. The van der Waals surface area contributed by atoms with E-state index >= 15 is 0 Å². The van der Waals surface area contributed by atoms with Gasteiger partial charge in [0.05, 0.1) is 13.4 Å². The number of amides is 3. The molecule has 0 radical (unpaired) electrons. The van der Waals surface area contributed by atoms with Gasteiger partial charge in [0.15, 0.2) is 5.76 Å². The molecule has 3 amide bonds. The number of carbonyl (C=O) groups is 2. The molecule has 0 bridgehead atoms. The summed E-state index contributed by atoms with van der Waals surface area (Å²) in [5, 5.41) is 3.09. The van der Waals surface area contributed by atoms with Crippen molar-refractivity contribution < 1.29 is 18.7 Å². The van der Waals surface area contributed by atoms with Crippen LogP contribution in [0.4, 0.5) is 4.79 Å². The normalized spacial score (nSPS) is 17.9. The molecule has 28 heavy (non-hydrogen) atoms. The van der Waals surface area contributed by atoms with E-state index in [4.69, 9.17) is 9.15 Å². The molecule has 0 unspecified atom stereocenters. The van der Waals surface area contributed by atoms with Crippen LogP contribution in [0.3, 0.4) is 0 Å². The van der Waals surface area contributed by atoms with E-state index in [2.05, 4.69) is 17.4 Å². The van der Waals surface area contributed by atoms with Crippen molar-refractivity contribution in [3.8, 4) is 5.75 Å². The molecule has 1 aromatic heterocycles. The number of benzene rings is 1. The van der Waals surface area contributed by atoms with Gasteiger partial charge >= 0.3 is 6.03 Å². The zero-order valence-electron chi connectivity index (χ0n) is 16.0. The number of urea groups is 1. The minimum Gasteiger partial charge on any atom is -0.497 e. The van der Waals surface area contributed by atoms with Crippen molar-refractivity contribution in [3.05, 3.63) is 54.0 Å². The minimum atomic E-state index is -0.124. The molecule has 2 aliphatic rings. The van der Waals surface area contributed by atoms with Crippen LogP contribution < -0.4 is 10.1 Å². The lowest BCUT2D eigenvalue weighted by Gasteiger charge is -2.34. The Bertz CT molecular complexity index is 820. The van der Waals surface area contributed by atoms with Crippen LogP contribution in [0.5, 0.6) is 5.75 Å². The molecule has 2 aromatic rings. The predicted molar refractivity (Wildman–Crippen MR) is 103 cm³/mol. The zero-order valence-corrected chi connectivity index (χ0v) is 16.0. The maximum atomic E-state index is 12.6. The van der Waals surface area contributed by atoms with Crippen molar-refractivity contribution in [1.82, 2.24) is 15.1 Å². The Morgan fingerprint density at radius 1 is 1.07 bits per heavy atom. The minimum absolute atomic E-state index is 0.0407. The summed E-state index contributed by atoms with van der Waals surface area (Å²) in [7, 11) is 1.66. The van der Waals surface area contributed by atoms with Crippen molar-refractivity contribution in [2.24, 2.45) is 0 Å². The maximum Gasteiger partial charge on any atom is 0.317 e. The number of ether oxygens (including phenoxy) is 1. The summed E-state index contributed by atoms with van der Waals surface area (Å²) in [6.07, 6.45) is 3.64. The number of methoxy groups -OCH3 is 1. The second-order valence-corrected chi connectivity index (χ2v) is 7.42. The van der Waals surface area contributed by atoms with Crippen LogP contribution in [0.1, 0.15) is 29.0 Å². The Labute approximate surface area is 164 Å². The molecule has 7 nitrogen and oxygen atoms in total. The van der Waals surface area contributed by atoms with Gasteiger partial charge in [0.2, 0.25) is 0 Å². The molecule has 0 spiro atoms. The van der Waals surface area contributed by atoms with Gasteiger partial charge in [0.25, 0.3) is 5.91 Å². The average molecular weight is 383 g/mol. The predicted octanol–water partition coefficient (Wildman–Crippen LogP) is 2.49. The van der Waals surface area contributed by atoms with E-state index < -0.39 is 0 Å². The van der Waals surface area contributed by atoms with Crippen molar-refractivity contribution >= 4 is 11.9 Å². The van der Waals surface area contributed by atoms with Crippen LogP contribution in [0, 0.1) is 0 Å². The summed E-state index contributed by atoms with van der Waals surface area (Å²) in [6, 6.07) is 11.4. The van der Waals surface area contributed by atoms with Crippen LogP contribution >= 0.6 is 0 Å². The molecular weight excluding hydrogens is 358 g/mol. The number of furan rings is 1. The molecule has 2 heterocycles. The van der Waals surface area contributed by atoms with E-state index in [1.54, 1.807) is 29.0 Å². The molecule has 1 saturated carbocycles. The highest BCUT2D eigenvalue weighted by atomic mass is 16.5. The first-order chi connectivity index (χ1) is 13.6. The third kappa shape index (κ3) is 3.69. The van der Waals surface area contributed by atoms with Crippen molar-refractivity contribution in [2.75, 3.05) is 39.8 Å². The van der Waals surface area contributed by atoms with Gasteiger partial charge < -0.3 is 24.3 Å². The van der Waals surface area contributed by atoms with Crippen molar-refractivity contribution in [1.29, 1.82) is 0 Å². The first kappa shape index (κ1) is 18.4. The first-order valence-corrected chi connectivity index (χ1v) is 9.61. The molecule has 1 N–H and O–H groups in total. The molecule has 1 aliphatic heterocycles. The number of rotatable bonds is 5. The second-order valence-electron chi connectivity index (χ2n) is 7.42. The van der Waals surface area contributed by atoms with Gasteiger partial charge in [-0.05, 0) is 42.7 Å². The number of hydrogen-bond donors (Lipinski definition) is 1. The fourth-order valence-corrected chi connectivity index (χ4v) is 3.69. The molecule has 4 rings (SSSR count). The summed E-state index contributed by atoms with van der Waals surface area (Å²) in [4.78, 5) is 28.4. The highest BCUT2D eigenvalue weighted by Crippen LogP contribution is 2.47. The lowest BCUT2D eigenvalue weighted by molar-refractivity contribution is 0.0634. The van der Waals surface area contributed by atoms with E-state index in [1.165, 1.54) is 11.8 Å². The Kier molecular flexibility index (Phi) is 4.98. The topological polar surface area (TPSA) is 75.0 Å². The maximum absolute atomic E-state index is 12.6. The highest BCUT2D eigenvalue weighted by molar-refractivity contribution is 5.91. The lowest BCUT2D eigenvalue weighted by Crippen LogP contribution is -2.53. The molecule has 2 fully saturated rings. The summed E-state index contributed by atoms with van der Waals surface area (Å²) in [5.41, 5.74) is 1.28. The zero-order chi connectivity index (χ0) is 19.6. The molecule has 148 valence electrons. The third-order valence-corrected chi connectivity index (χ3v) is 5.72. The quantitative estimate of drug-likeness (QED) is 0.861. The van der Waals surface area contributed by atoms with Crippen LogP contribution in [-0.2, 0) is 5.41 Å². The van der Waals surface area contributed by atoms with Crippen LogP contribution in [0.2, 0.25) is 0 Å². The fourth-order valence-electron chi connectivity index (χ4n) is 3.69. The Morgan fingerprint density at radius 3 is 2.32 bits per heavy atom. The molecular formula is C21H25N3O4. The number of hydrogen-bond acceptors (Lipinski definition) is 4. The van der Waals surface area contributed by atoms with Gasteiger partial charge in [-0.1, -0.05) is 12.1 Å². The van der Waals surface area contributed by atoms with Gasteiger partial charge in [-0.15, -0.1) is 0 Å². The average Bonchev–Trinajstić information content (AvgIpc) is 3.34. The van der Waals surface area contributed by atoms with E-state index in [1.807, 2.05) is 12.1 Å². The summed E-state index contributed by atoms with van der Waals surface area (Å²) in [6.45, 7) is 2.69. The molecule has 1 aliphatic carbocycles. The second kappa shape index (κ2) is 7.58. The summed E-state index contributed by atoms with van der Waals surface area (Å²) < 4.78 is 10.4. The smallest absolute Gasteiger partial charge is 0.317 e. The Morgan fingerprint density at radius 2 is 1.75 bits per heavy atom. The van der Waals surface area contributed by atoms with Crippen molar-refractivity contribution in [2.45, 2.75) is 18.3 Å². The molecule has 7 heteroatoms. The largest absolute Gasteiger partial charge is 0.497 e. The SMILES string of the molecule is COc1ccc(C2(CNC(=O)N3CCN(C(=O)c4ccco4)CC3)CC2)cc1. The highest BCUT2D eigenvalue weighted by Gasteiger charge is 2.44. The van der Waals surface area contributed by atoms with E-state index in [9.17, 15) is 9.59 Å². The number of piperazine rings is 1. The van der Waals surface area contributed by atoms with Crippen LogP contribution in [-0.4, -0.2) is 61.6 Å². The van der Waals surface area contributed by atoms with Gasteiger partial charge in [-0.3, -0.25) is 4.79 Å². The summed E-state index contributed by atoms with van der Waals surface area (Å²) in [5.74, 6) is 1.06. The van der Waals surface area contributed by atoms with E-state index in [0.29, 0.717) is 38.5 Å². The third-order valence-electron chi connectivity index (χ3n) is 5.72. The molecule has 0 atom stereocenters. The van der Waals surface area contributed by atoms with Gasteiger partial charge in [0.1, 0.15) is 5.75 Å². The van der Waals surface area contributed by atoms with E-state index in [-0.39, 0.29) is 17.4 Å². The first-order valence-electron chi connectivity index (χ1n) is 9.61. The lowest BCUT2D eigenvalue weighted by atomic mass is 9.96. The van der Waals surface area contributed by atoms with Crippen LogP contribution in [0.15, 0.2) is 47.1 Å². The summed E-state index contributed by atoms with van der Waals surface area (Å²) >= 11 is 0. The van der Waals surface area contributed by atoms with Crippen molar-refractivity contribution in [3.63, 3.8) is 0 Å². The van der Waals surface area contributed by atoms with Gasteiger partial charge in [-0.2, -0.15) is 0 Å². The standard InChI is InChI=1S/C21H25N3O4/c1-27-17-6-4-16(5-7-17)21(8-9-21)15-22-20(26)24-12-10-23(11-13-24)19(25)18-3-2-14-28-18/h2-7,14H,8-13,15H2,1H3,(H,22,26). The molecule has 1 saturated heterocycles. The number of nitrogens with one attached hydrogen (secondary N) is 1. The van der Waals surface area contributed by atoms with Crippen LogP contribution in [0.25, 0.3) is 0 Å². The van der Waals surface area contributed by atoms with Gasteiger partial charge in [0, 0.05) is 38.1 Å². The van der Waals surface area contributed by atoms with E-state index in [0.717, 1.165) is 18.6 Å². The van der Waals surface area contributed by atoms with Gasteiger partial charge in [-0.25, -0.2) is 4.79 Å². The fraction of sp³-hybridized carbons (Fsp3) is 0.429. The monoisotopic (exact) mass is 383 g/mol. The Balaban J connectivity index is 1.27. The molecule has 1 aromatic carbocycles. The Hall–Kier alpha value is -2.96.